The van der Waals surface area contributed by atoms with Gasteiger partial charge >= 0.3 is 0 Å². The molecule has 0 saturated carbocycles. The van der Waals surface area contributed by atoms with Crippen molar-refractivity contribution in [2.75, 3.05) is 0 Å². The molecule has 0 bridgehead atoms. The van der Waals surface area contributed by atoms with Crippen molar-refractivity contribution in [3.63, 3.8) is 0 Å². The number of imidazole rings is 1. The molecule has 0 aliphatic carbocycles. The number of allylic oxidation sites excluding steroid dienone is 2. The summed E-state index contributed by atoms with van der Waals surface area (Å²) in [6.45, 7) is 12.3. The molecule has 0 saturated heterocycles. The minimum Gasteiger partial charge on any atom is -0.512 e. The molecule has 0 spiro atoms. The molecule has 6 heteroatoms. The molecule has 0 aliphatic heterocycles. The number of carbonyl (C=O) groups is 1. The molecule has 0 atom stereocenters. The first-order chi connectivity index (χ1) is 22.7. The predicted octanol–water partition coefficient (Wildman–Crippen LogP) is 10.4. The molecular formula is C40H48IrN3O2-. The molecule has 46 heavy (non-hydrogen) atoms. The molecule has 5 nitrogen and oxygen atoms in total. The number of aliphatic hydroxyl groups excluding tert-OH is 1. The van der Waals surface area contributed by atoms with Crippen molar-refractivity contribution in [1.29, 1.82) is 0 Å². The standard InChI is InChI=1S/C27H24N3.C13H24O2.Ir/c1-27(2,3)22-16-20(15-18-9-5-6-10-21(18)22)24-17-19(13-14-28-24)26-29-23-11-7-8-12-25(23)30(26)4;1-5-10(6-2)12(14)9-13(15)11(7-3)8-4;/h5-14,16-17H,1-4H3;9-11,14H,5-8H2,1-4H3;/q-1;;/b;12-9-;/i4D3;;. The first kappa shape index (κ1) is 32.3. The Morgan fingerprint density at radius 1 is 0.957 bits per heavy atom. The molecule has 0 amide bonds. The van der Waals surface area contributed by atoms with Crippen molar-refractivity contribution < 1.29 is 34.1 Å². The fourth-order valence-corrected chi connectivity index (χ4v) is 5.70. The maximum absolute atomic E-state index is 11.7. The van der Waals surface area contributed by atoms with Gasteiger partial charge in [0.1, 0.15) is 5.82 Å². The Kier molecular flexibility index (Phi) is 11.5. The summed E-state index contributed by atoms with van der Waals surface area (Å²) in [5.74, 6) is 0.947. The van der Waals surface area contributed by atoms with Crippen LogP contribution in [-0.2, 0) is 37.3 Å². The Bertz CT molecular complexity index is 1900. The van der Waals surface area contributed by atoms with E-state index < -0.39 is 6.98 Å². The number of hydrogen-bond donors (Lipinski definition) is 1. The third-order valence-electron chi connectivity index (χ3n) is 8.52. The van der Waals surface area contributed by atoms with Crippen LogP contribution in [-0.4, -0.2) is 25.4 Å². The number of aryl methyl sites for hydroxylation is 1. The van der Waals surface area contributed by atoms with Gasteiger partial charge in [0.05, 0.1) is 16.8 Å². The largest absolute Gasteiger partial charge is 0.512 e. The van der Waals surface area contributed by atoms with Gasteiger partial charge in [-0.25, -0.2) is 4.98 Å². The third kappa shape index (κ3) is 8.40. The Morgan fingerprint density at radius 3 is 2.26 bits per heavy atom. The van der Waals surface area contributed by atoms with Crippen molar-refractivity contribution >= 4 is 27.6 Å². The Balaban J connectivity index is 0.000000347. The molecule has 245 valence electrons. The van der Waals surface area contributed by atoms with Gasteiger partial charge in [0.25, 0.3) is 0 Å². The molecule has 0 aliphatic rings. The Hall–Kier alpha value is -3.60. The summed E-state index contributed by atoms with van der Waals surface area (Å²) in [5, 5.41) is 12.0. The number of benzene rings is 3. The van der Waals surface area contributed by atoms with E-state index in [0.717, 1.165) is 42.3 Å². The minimum absolute atomic E-state index is 0. The molecule has 5 rings (SSSR count). The second-order valence-electron chi connectivity index (χ2n) is 12.6. The number of fused-ring (bicyclic) bond motifs is 2. The average Bonchev–Trinajstić information content (AvgIpc) is 3.46. The van der Waals surface area contributed by atoms with Crippen LogP contribution in [0, 0.1) is 17.9 Å². The van der Waals surface area contributed by atoms with Crippen LogP contribution >= 0.6 is 0 Å². The first-order valence-corrected chi connectivity index (χ1v) is 16.1. The number of aromatic nitrogens is 3. The number of rotatable bonds is 9. The molecule has 0 unspecified atom stereocenters. The van der Waals surface area contributed by atoms with E-state index in [1.54, 1.807) is 18.3 Å². The fraction of sp³-hybridized carbons (Fsp3) is 0.375. The summed E-state index contributed by atoms with van der Waals surface area (Å²) in [7, 11) is 0. The van der Waals surface area contributed by atoms with Crippen LogP contribution in [0.2, 0.25) is 0 Å². The normalized spacial score (nSPS) is 13.2. The van der Waals surface area contributed by atoms with E-state index in [1.165, 1.54) is 21.6 Å². The zero-order valence-electron chi connectivity index (χ0n) is 31.0. The molecule has 1 N–H and O–H groups in total. The van der Waals surface area contributed by atoms with Crippen LogP contribution in [0.5, 0.6) is 0 Å². The average molecular weight is 798 g/mol. The molecule has 0 fully saturated rings. The van der Waals surface area contributed by atoms with E-state index in [9.17, 15) is 9.90 Å². The van der Waals surface area contributed by atoms with Crippen LogP contribution in [0.25, 0.3) is 44.5 Å². The summed E-state index contributed by atoms with van der Waals surface area (Å²) in [4.78, 5) is 21.0. The molecule has 3 aromatic carbocycles. The van der Waals surface area contributed by atoms with Crippen molar-refractivity contribution in [2.45, 2.75) is 79.6 Å². The zero-order valence-corrected chi connectivity index (χ0v) is 30.4. The number of aliphatic hydroxyl groups is 1. The van der Waals surface area contributed by atoms with Crippen molar-refractivity contribution in [1.82, 2.24) is 14.5 Å². The quantitative estimate of drug-likeness (QED) is 0.0916. The number of pyridine rings is 1. The molecule has 2 heterocycles. The minimum atomic E-state index is -2.36. The van der Waals surface area contributed by atoms with Gasteiger partial charge in [-0.05, 0) is 49.3 Å². The van der Waals surface area contributed by atoms with Crippen molar-refractivity contribution in [2.24, 2.45) is 18.8 Å². The maximum atomic E-state index is 11.7. The SMILES string of the molecule is CCC(CC)C(=O)/C=C(\O)C(CC)CC.[2H]C([2H])([2H])n1c(-c2ccnc(-c3[c-]c4ccccc4c(C(C)(C)C)c3)c2)nc2ccccc21.[Ir]. The summed E-state index contributed by atoms with van der Waals surface area (Å²) in [5.41, 5.74) is 4.69. The van der Waals surface area contributed by atoms with Gasteiger partial charge in [0.2, 0.25) is 0 Å². The number of ketones is 1. The monoisotopic (exact) mass is 798 g/mol. The van der Waals surface area contributed by atoms with Gasteiger partial charge in [-0.2, -0.15) is 0 Å². The number of hydrogen-bond acceptors (Lipinski definition) is 4. The van der Waals surface area contributed by atoms with E-state index in [-0.39, 0.29) is 48.9 Å². The van der Waals surface area contributed by atoms with Gasteiger partial charge < -0.3 is 9.67 Å². The van der Waals surface area contributed by atoms with Crippen molar-refractivity contribution in [3.05, 3.63) is 96.4 Å². The summed E-state index contributed by atoms with van der Waals surface area (Å²) in [6, 6.07) is 24.9. The van der Waals surface area contributed by atoms with E-state index in [4.69, 9.17) is 4.11 Å². The first-order valence-electron chi connectivity index (χ1n) is 17.6. The maximum Gasteiger partial charge on any atom is 0.162 e. The van der Waals surface area contributed by atoms with Gasteiger partial charge in [-0.3, -0.25) is 9.78 Å². The van der Waals surface area contributed by atoms with E-state index in [2.05, 4.69) is 55.0 Å². The van der Waals surface area contributed by atoms with Crippen LogP contribution in [0.4, 0.5) is 0 Å². The van der Waals surface area contributed by atoms with E-state index in [0.29, 0.717) is 22.4 Å². The Labute approximate surface area is 292 Å². The number of para-hydroxylation sites is 2. The predicted molar refractivity (Wildman–Crippen MR) is 188 cm³/mol. The zero-order chi connectivity index (χ0) is 35.2. The number of carbonyl (C=O) groups excluding carboxylic acids is 1. The van der Waals surface area contributed by atoms with Gasteiger partial charge in [-0.15, -0.1) is 29.1 Å². The van der Waals surface area contributed by atoms with Crippen LogP contribution in [0.1, 0.15) is 83.8 Å². The summed E-state index contributed by atoms with van der Waals surface area (Å²) in [6.07, 6.45) is 6.61. The third-order valence-corrected chi connectivity index (χ3v) is 8.52. The van der Waals surface area contributed by atoms with Gasteiger partial charge in [-0.1, -0.05) is 95.8 Å². The molecule has 1 radical (unpaired) electrons. The van der Waals surface area contributed by atoms with E-state index in [1.807, 2.05) is 64.1 Å². The van der Waals surface area contributed by atoms with Crippen LogP contribution < -0.4 is 0 Å². The van der Waals surface area contributed by atoms with Crippen molar-refractivity contribution in [3.8, 4) is 22.6 Å². The van der Waals surface area contributed by atoms with Crippen LogP contribution in [0.15, 0.2) is 84.8 Å². The second kappa shape index (κ2) is 16.3. The van der Waals surface area contributed by atoms with E-state index >= 15 is 0 Å². The number of nitrogens with zero attached hydrogens (tertiary/aromatic N) is 3. The Morgan fingerprint density at radius 2 is 1.61 bits per heavy atom. The van der Waals surface area contributed by atoms with Gasteiger partial charge in [0, 0.05) is 66.6 Å². The topological polar surface area (TPSA) is 68.0 Å². The second-order valence-corrected chi connectivity index (χ2v) is 12.6. The molecule has 2 aromatic heterocycles. The molecule has 5 aromatic rings. The fourth-order valence-electron chi connectivity index (χ4n) is 5.70. The molecular weight excluding hydrogens is 747 g/mol. The van der Waals surface area contributed by atoms with Gasteiger partial charge in [0.15, 0.2) is 5.78 Å². The smallest absolute Gasteiger partial charge is 0.162 e. The van der Waals surface area contributed by atoms with Crippen LogP contribution in [0.3, 0.4) is 0 Å². The summed E-state index contributed by atoms with van der Waals surface area (Å²) < 4.78 is 25.6. The summed E-state index contributed by atoms with van der Waals surface area (Å²) >= 11 is 0.